The number of aldehydes is 1. The van der Waals surface area contributed by atoms with Gasteiger partial charge in [0.2, 0.25) is 0 Å². The highest BCUT2D eigenvalue weighted by molar-refractivity contribution is 5.83. The van der Waals surface area contributed by atoms with Gasteiger partial charge in [-0.3, -0.25) is 4.79 Å². The summed E-state index contributed by atoms with van der Waals surface area (Å²) in [6.45, 7) is 2.08. The Labute approximate surface area is 81.6 Å². The van der Waals surface area contributed by atoms with Gasteiger partial charge in [-0.1, -0.05) is 6.92 Å². The summed E-state index contributed by atoms with van der Waals surface area (Å²) in [5.74, 6) is 0.793. The normalized spacial score (nSPS) is 10.6. The van der Waals surface area contributed by atoms with Crippen LogP contribution >= 0.6 is 0 Å². The van der Waals surface area contributed by atoms with Crippen LogP contribution in [-0.4, -0.2) is 20.9 Å². The zero-order valence-electron chi connectivity index (χ0n) is 7.97. The van der Waals surface area contributed by atoms with E-state index in [1.165, 1.54) is 0 Å². The minimum atomic E-state index is 0.586. The highest BCUT2D eigenvalue weighted by atomic mass is 16.1. The lowest BCUT2D eigenvalue weighted by Gasteiger charge is -1.91. The van der Waals surface area contributed by atoms with Gasteiger partial charge in [0.15, 0.2) is 17.8 Å². The van der Waals surface area contributed by atoms with Crippen molar-refractivity contribution in [2.24, 2.45) is 0 Å². The summed E-state index contributed by atoms with van der Waals surface area (Å²) >= 11 is 0. The van der Waals surface area contributed by atoms with Crippen molar-refractivity contribution in [1.82, 2.24) is 14.6 Å². The molecule has 0 saturated carbocycles. The number of rotatable bonds is 3. The molecule has 0 saturated heterocycles. The zero-order chi connectivity index (χ0) is 9.97. The number of nitrogens with zero attached hydrogens (tertiary/aromatic N) is 3. The maximum absolute atomic E-state index is 10.7. The lowest BCUT2D eigenvalue weighted by Crippen LogP contribution is -1.91. The Hall–Kier alpha value is -1.71. The first kappa shape index (κ1) is 8.87. The molecule has 0 bridgehead atoms. The van der Waals surface area contributed by atoms with E-state index in [0.29, 0.717) is 11.2 Å². The predicted molar refractivity (Wildman–Crippen MR) is 52.4 cm³/mol. The lowest BCUT2D eigenvalue weighted by molar-refractivity contribution is 0.112. The number of hydrogen-bond donors (Lipinski definition) is 0. The second kappa shape index (κ2) is 3.57. The van der Waals surface area contributed by atoms with Crippen molar-refractivity contribution in [3.63, 3.8) is 0 Å². The maximum atomic E-state index is 10.7. The van der Waals surface area contributed by atoms with E-state index in [4.69, 9.17) is 0 Å². The van der Waals surface area contributed by atoms with E-state index in [0.717, 1.165) is 25.0 Å². The van der Waals surface area contributed by atoms with Gasteiger partial charge >= 0.3 is 0 Å². The molecule has 0 N–H and O–H groups in total. The first-order chi connectivity index (χ1) is 6.85. The van der Waals surface area contributed by atoms with Gasteiger partial charge in [-0.05, 0) is 18.6 Å². The third kappa shape index (κ3) is 1.39. The highest BCUT2D eigenvalue weighted by Crippen LogP contribution is 2.07. The highest BCUT2D eigenvalue weighted by Gasteiger charge is 2.05. The lowest BCUT2D eigenvalue weighted by atomic mass is 10.3. The van der Waals surface area contributed by atoms with Crippen molar-refractivity contribution in [3.8, 4) is 0 Å². The molecule has 0 atom stereocenters. The number of aromatic nitrogens is 3. The van der Waals surface area contributed by atoms with Crippen LogP contribution < -0.4 is 0 Å². The molecule has 0 spiro atoms. The maximum Gasteiger partial charge on any atom is 0.166 e. The largest absolute Gasteiger partial charge is 0.298 e. The fourth-order valence-corrected chi connectivity index (χ4v) is 1.39. The van der Waals surface area contributed by atoms with Crippen LogP contribution in [0, 0.1) is 0 Å². The van der Waals surface area contributed by atoms with E-state index >= 15 is 0 Å². The minimum Gasteiger partial charge on any atom is -0.298 e. The molecule has 4 nitrogen and oxygen atoms in total. The Bertz CT molecular complexity index is 461. The molecule has 14 heavy (non-hydrogen) atoms. The summed E-state index contributed by atoms with van der Waals surface area (Å²) in [4.78, 5) is 15.0. The molecule has 4 heteroatoms. The van der Waals surface area contributed by atoms with E-state index in [2.05, 4.69) is 17.0 Å². The Kier molecular flexibility index (Phi) is 2.26. The fourth-order valence-electron chi connectivity index (χ4n) is 1.39. The molecule has 2 aromatic rings. The Morgan fingerprint density at radius 3 is 3.14 bits per heavy atom. The van der Waals surface area contributed by atoms with Crippen molar-refractivity contribution < 1.29 is 4.79 Å². The van der Waals surface area contributed by atoms with Crippen molar-refractivity contribution in [2.75, 3.05) is 0 Å². The predicted octanol–water partition coefficient (Wildman–Crippen LogP) is 1.49. The average Bonchev–Trinajstić information content (AvgIpc) is 2.60. The van der Waals surface area contributed by atoms with Gasteiger partial charge < -0.3 is 0 Å². The minimum absolute atomic E-state index is 0.586. The molecule has 0 aliphatic rings. The Balaban J connectivity index is 2.58. The molecule has 0 radical (unpaired) electrons. The Morgan fingerprint density at radius 2 is 2.43 bits per heavy atom. The SMILES string of the molecule is CCCc1nc2c(C=O)cccn2n1. The van der Waals surface area contributed by atoms with E-state index in [1.807, 2.05) is 0 Å². The standard InChI is InChI=1S/C10H11N3O/c1-2-4-9-11-10-8(7-14)5-3-6-13(10)12-9/h3,5-7H,2,4H2,1H3. The fraction of sp³-hybridized carbons (Fsp3) is 0.300. The molecule has 0 aromatic carbocycles. The molecular formula is C10H11N3O. The number of hydrogen-bond acceptors (Lipinski definition) is 3. The molecule has 2 rings (SSSR count). The summed E-state index contributed by atoms with van der Waals surface area (Å²) in [5.41, 5.74) is 1.23. The van der Waals surface area contributed by atoms with Crippen molar-refractivity contribution in [3.05, 3.63) is 29.7 Å². The van der Waals surface area contributed by atoms with Crippen LogP contribution in [-0.2, 0) is 6.42 Å². The molecule has 72 valence electrons. The second-order valence-electron chi connectivity index (χ2n) is 3.13. The van der Waals surface area contributed by atoms with Crippen molar-refractivity contribution in [2.45, 2.75) is 19.8 Å². The number of aryl methyl sites for hydroxylation is 1. The number of carbonyl (C=O) groups is 1. The molecule has 0 unspecified atom stereocenters. The average molecular weight is 189 g/mol. The summed E-state index contributed by atoms with van der Waals surface area (Å²) in [5, 5.41) is 4.26. The summed E-state index contributed by atoms with van der Waals surface area (Å²) < 4.78 is 1.65. The molecule has 0 aliphatic heterocycles. The van der Waals surface area contributed by atoms with Crippen LogP contribution in [0.4, 0.5) is 0 Å². The second-order valence-corrected chi connectivity index (χ2v) is 3.13. The van der Waals surface area contributed by atoms with Crippen LogP contribution in [0.2, 0.25) is 0 Å². The number of pyridine rings is 1. The third-order valence-corrected chi connectivity index (χ3v) is 2.04. The molecular weight excluding hydrogens is 178 g/mol. The van der Waals surface area contributed by atoms with Crippen molar-refractivity contribution >= 4 is 11.9 Å². The third-order valence-electron chi connectivity index (χ3n) is 2.04. The summed E-state index contributed by atoms with van der Waals surface area (Å²) in [7, 11) is 0. The van der Waals surface area contributed by atoms with Crippen LogP contribution in [0.15, 0.2) is 18.3 Å². The molecule has 0 amide bonds. The molecule has 0 aliphatic carbocycles. The van der Waals surface area contributed by atoms with Gasteiger partial charge in [-0.15, -0.1) is 0 Å². The topological polar surface area (TPSA) is 47.3 Å². The van der Waals surface area contributed by atoms with E-state index < -0.39 is 0 Å². The smallest absolute Gasteiger partial charge is 0.166 e. The van der Waals surface area contributed by atoms with Gasteiger partial charge in [0.05, 0.1) is 5.56 Å². The molecule has 2 heterocycles. The zero-order valence-corrected chi connectivity index (χ0v) is 7.97. The van der Waals surface area contributed by atoms with Crippen LogP contribution in [0.25, 0.3) is 5.65 Å². The molecule has 0 fully saturated rings. The Morgan fingerprint density at radius 1 is 1.57 bits per heavy atom. The van der Waals surface area contributed by atoms with Crippen molar-refractivity contribution in [1.29, 1.82) is 0 Å². The van der Waals surface area contributed by atoms with Crippen LogP contribution in [0.3, 0.4) is 0 Å². The number of fused-ring (bicyclic) bond motifs is 1. The van der Waals surface area contributed by atoms with E-state index in [9.17, 15) is 4.79 Å². The van der Waals surface area contributed by atoms with Gasteiger partial charge in [-0.2, -0.15) is 5.10 Å². The quantitative estimate of drug-likeness (QED) is 0.687. The van der Waals surface area contributed by atoms with E-state index in [-0.39, 0.29) is 0 Å². The first-order valence-electron chi connectivity index (χ1n) is 4.64. The monoisotopic (exact) mass is 189 g/mol. The number of carbonyl (C=O) groups excluding carboxylic acids is 1. The summed E-state index contributed by atoms with van der Waals surface area (Å²) in [6.07, 6.45) is 4.46. The van der Waals surface area contributed by atoms with Gasteiger partial charge in [0.1, 0.15) is 0 Å². The summed E-state index contributed by atoms with van der Waals surface area (Å²) in [6, 6.07) is 3.54. The van der Waals surface area contributed by atoms with E-state index in [1.54, 1.807) is 22.8 Å². The molecule has 2 aromatic heterocycles. The van der Waals surface area contributed by atoms with Gasteiger partial charge in [-0.25, -0.2) is 9.50 Å². The van der Waals surface area contributed by atoms with Gasteiger partial charge in [0.25, 0.3) is 0 Å². The van der Waals surface area contributed by atoms with Gasteiger partial charge in [0, 0.05) is 12.6 Å². The first-order valence-corrected chi connectivity index (χ1v) is 4.64. The van der Waals surface area contributed by atoms with Crippen LogP contribution in [0.5, 0.6) is 0 Å². The van der Waals surface area contributed by atoms with Crippen LogP contribution in [0.1, 0.15) is 29.5 Å².